The summed E-state index contributed by atoms with van der Waals surface area (Å²) in [5, 5.41) is 1.63. The van der Waals surface area contributed by atoms with Gasteiger partial charge in [-0.1, -0.05) is 0 Å². The number of ether oxygens (including phenoxy) is 1. The summed E-state index contributed by atoms with van der Waals surface area (Å²) in [6.07, 6.45) is -5.27. The summed E-state index contributed by atoms with van der Waals surface area (Å²) < 4.78 is 39.7. The first-order chi connectivity index (χ1) is 6.75. The SMILES string of the molecule is NC(=O)OC1(C(=O)NCC(F)(F)F)CC1. The van der Waals surface area contributed by atoms with Crippen molar-refractivity contribution in [1.82, 2.24) is 5.32 Å². The van der Waals surface area contributed by atoms with Crippen LogP contribution in [-0.4, -0.2) is 30.3 Å². The van der Waals surface area contributed by atoms with Crippen LogP contribution in [0.15, 0.2) is 0 Å². The van der Waals surface area contributed by atoms with E-state index >= 15 is 0 Å². The van der Waals surface area contributed by atoms with Crippen LogP contribution in [0, 0.1) is 0 Å². The zero-order valence-corrected chi connectivity index (χ0v) is 7.56. The summed E-state index contributed by atoms with van der Waals surface area (Å²) in [6, 6.07) is 0. The maximum atomic E-state index is 11.7. The number of nitrogens with two attached hydrogens (primary N) is 1. The standard InChI is InChI=1S/C7H9F3N2O3/c8-7(9,10)3-12-4(13)6(1-2-6)15-5(11)14/h1-3H2,(H2,11,14)(H,12,13). The molecule has 0 aromatic heterocycles. The van der Waals surface area contributed by atoms with E-state index in [1.54, 1.807) is 5.32 Å². The Bertz CT molecular complexity index is 286. The monoisotopic (exact) mass is 226 g/mol. The van der Waals surface area contributed by atoms with Crippen molar-refractivity contribution in [2.24, 2.45) is 5.73 Å². The molecule has 0 spiro atoms. The predicted molar refractivity (Wildman–Crippen MR) is 41.7 cm³/mol. The first-order valence-electron chi connectivity index (χ1n) is 4.09. The lowest BCUT2D eigenvalue weighted by atomic mass is 10.3. The molecule has 8 heteroatoms. The summed E-state index contributed by atoms with van der Waals surface area (Å²) in [6.45, 7) is -1.45. The molecule has 1 aliphatic rings. The number of primary amides is 1. The normalized spacial score (nSPS) is 18.1. The summed E-state index contributed by atoms with van der Waals surface area (Å²) in [4.78, 5) is 21.5. The van der Waals surface area contributed by atoms with Crippen LogP contribution in [0.1, 0.15) is 12.8 Å². The molecule has 15 heavy (non-hydrogen) atoms. The van der Waals surface area contributed by atoms with Gasteiger partial charge < -0.3 is 15.8 Å². The van der Waals surface area contributed by atoms with Crippen molar-refractivity contribution >= 4 is 12.0 Å². The van der Waals surface area contributed by atoms with Crippen LogP contribution in [0.25, 0.3) is 0 Å². The minimum absolute atomic E-state index is 0.194. The Labute approximate surface area is 82.7 Å². The number of rotatable bonds is 3. The van der Waals surface area contributed by atoms with Gasteiger partial charge in [0.15, 0.2) is 5.60 Å². The van der Waals surface area contributed by atoms with Crippen molar-refractivity contribution in [2.45, 2.75) is 24.6 Å². The van der Waals surface area contributed by atoms with Crippen LogP contribution in [0.4, 0.5) is 18.0 Å². The lowest BCUT2D eigenvalue weighted by Crippen LogP contribution is -2.44. The number of hydrogen-bond donors (Lipinski definition) is 2. The van der Waals surface area contributed by atoms with Gasteiger partial charge in [-0.25, -0.2) is 4.79 Å². The average molecular weight is 226 g/mol. The van der Waals surface area contributed by atoms with Crippen molar-refractivity contribution < 1.29 is 27.5 Å². The fourth-order valence-electron chi connectivity index (χ4n) is 1.02. The van der Waals surface area contributed by atoms with Gasteiger partial charge in [-0.3, -0.25) is 4.79 Å². The Morgan fingerprint density at radius 3 is 2.27 bits per heavy atom. The average Bonchev–Trinajstić information content (AvgIpc) is 2.79. The highest BCUT2D eigenvalue weighted by atomic mass is 19.4. The third-order valence-corrected chi connectivity index (χ3v) is 1.86. The van der Waals surface area contributed by atoms with Gasteiger partial charge in [0.25, 0.3) is 5.91 Å². The molecule has 0 aliphatic heterocycles. The second kappa shape index (κ2) is 3.59. The molecular weight excluding hydrogens is 217 g/mol. The van der Waals surface area contributed by atoms with Crippen LogP contribution >= 0.6 is 0 Å². The number of carbonyl (C=O) groups excluding carboxylic acids is 2. The second-order valence-electron chi connectivity index (χ2n) is 3.21. The molecule has 0 atom stereocenters. The Balaban J connectivity index is 2.44. The van der Waals surface area contributed by atoms with Crippen LogP contribution in [0.2, 0.25) is 0 Å². The van der Waals surface area contributed by atoms with E-state index < -0.39 is 30.3 Å². The molecule has 1 rings (SSSR count). The van der Waals surface area contributed by atoms with E-state index in [4.69, 9.17) is 0 Å². The van der Waals surface area contributed by atoms with Crippen molar-refractivity contribution in [3.63, 3.8) is 0 Å². The molecule has 1 saturated carbocycles. The van der Waals surface area contributed by atoms with Crippen molar-refractivity contribution in [2.75, 3.05) is 6.54 Å². The van der Waals surface area contributed by atoms with Crippen molar-refractivity contribution in [3.05, 3.63) is 0 Å². The van der Waals surface area contributed by atoms with Gasteiger partial charge in [0.1, 0.15) is 6.54 Å². The molecule has 1 fully saturated rings. The molecule has 0 heterocycles. The zero-order valence-electron chi connectivity index (χ0n) is 7.56. The van der Waals surface area contributed by atoms with E-state index in [0.29, 0.717) is 0 Å². The number of alkyl halides is 3. The van der Waals surface area contributed by atoms with E-state index in [1.165, 1.54) is 0 Å². The van der Waals surface area contributed by atoms with Crippen LogP contribution in [0.3, 0.4) is 0 Å². The van der Waals surface area contributed by atoms with Crippen molar-refractivity contribution in [1.29, 1.82) is 0 Å². The Kier molecular flexibility index (Phi) is 2.78. The van der Waals surface area contributed by atoms with Gasteiger partial charge in [-0.15, -0.1) is 0 Å². The van der Waals surface area contributed by atoms with Gasteiger partial charge in [-0.2, -0.15) is 13.2 Å². The smallest absolute Gasteiger partial charge is 0.405 e. The van der Waals surface area contributed by atoms with Crippen molar-refractivity contribution in [3.8, 4) is 0 Å². The van der Waals surface area contributed by atoms with E-state index in [2.05, 4.69) is 10.5 Å². The lowest BCUT2D eigenvalue weighted by molar-refractivity contribution is -0.144. The highest BCUT2D eigenvalue weighted by Gasteiger charge is 2.54. The van der Waals surface area contributed by atoms with Gasteiger partial charge in [0, 0.05) is 12.8 Å². The van der Waals surface area contributed by atoms with Gasteiger partial charge in [0.2, 0.25) is 0 Å². The maximum Gasteiger partial charge on any atom is 0.405 e. The predicted octanol–water partition coefficient (Wildman–Crippen LogP) is 0.293. The second-order valence-corrected chi connectivity index (χ2v) is 3.21. The van der Waals surface area contributed by atoms with Gasteiger partial charge >= 0.3 is 12.3 Å². The molecule has 3 N–H and O–H groups in total. The zero-order chi connectivity index (χ0) is 11.7. The number of carbonyl (C=O) groups is 2. The van der Waals surface area contributed by atoms with Gasteiger partial charge in [-0.05, 0) is 0 Å². The van der Waals surface area contributed by atoms with E-state index in [0.717, 1.165) is 0 Å². The van der Waals surface area contributed by atoms with E-state index in [1.807, 2.05) is 0 Å². The van der Waals surface area contributed by atoms with Crippen LogP contribution < -0.4 is 11.1 Å². The first-order valence-corrected chi connectivity index (χ1v) is 4.09. The fourth-order valence-corrected chi connectivity index (χ4v) is 1.02. The largest absolute Gasteiger partial charge is 0.433 e. The van der Waals surface area contributed by atoms with Gasteiger partial charge in [0.05, 0.1) is 0 Å². The molecule has 0 bridgehead atoms. The molecule has 2 amide bonds. The van der Waals surface area contributed by atoms with Crippen LogP contribution in [0.5, 0.6) is 0 Å². The topological polar surface area (TPSA) is 81.4 Å². The van der Waals surface area contributed by atoms with Crippen LogP contribution in [-0.2, 0) is 9.53 Å². The molecule has 0 radical (unpaired) electrons. The summed E-state index contributed by atoms with van der Waals surface area (Å²) in [7, 11) is 0. The Hall–Kier alpha value is -1.47. The Morgan fingerprint density at radius 2 is 1.93 bits per heavy atom. The minimum Gasteiger partial charge on any atom is -0.433 e. The Morgan fingerprint density at radius 1 is 1.40 bits per heavy atom. The number of halogens is 3. The summed E-state index contributed by atoms with van der Waals surface area (Å²) >= 11 is 0. The fraction of sp³-hybridized carbons (Fsp3) is 0.714. The summed E-state index contributed by atoms with van der Waals surface area (Å²) in [5.41, 5.74) is 3.20. The molecule has 0 aromatic rings. The van der Waals surface area contributed by atoms with E-state index in [-0.39, 0.29) is 12.8 Å². The minimum atomic E-state index is -4.49. The number of amides is 2. The first kappa shape index (κ1) is 11.6. The maximum absolute atomic E-state index is 11.7. The highest BCUT2D eigenvalue weighted by molar-refractivity contribution is 5.90. The molecule has 0 unspecified atom stereocenters. The lowest BCUT2D eigenvalue weighted by Gasteiger charge is -2.15. The highest BCUT2D eigenvalue weighted by Crippen LogP contribution is 2.39. The molecule has 0 aromatic carbocycles. The quantitative estimate of drug-likeness (QED) is 0.725. The molecule has 86 valence electrons. The third-order valence-electron chi connectivity index (χ3n) is 1.86. The summed E-state index contributed by atoms with van der Waals surface area (Å²) in [5.74, 6) is -0.960. The number of nitrogens with one attached hydrogen (secondary N) is 1. The molecule has 1 aliphatic carbocycles. The van der Waals surface area contributed by atoms with E-state index in [9.17, 15) is 22.8 Å². The molecule has 5 nitrogen and oxygen atoms in total. The molecular formula is C7H9F3N2O3. The molecule has 0 saturated heterocycles. The number of hydrogen-bond acceptors (Lipinski definition) is 3. The third kappa shape index (κ3) is 3.30.